The minimum absolute atomic E-state index is 0.0579. The molecule has 138 valence electrons. The van der Waals surface area contributed by atoms with Crippen molar-refractivity contribution < 1.29 is 4.52 Å². The summed E-state index contributed by atoms with van der Waals surface area (Å²) in [7, 11) is 0. The second-order valence-electron chi connectivity index (χ2n) is 6.60. The molecule has 0 amide bonds. The zero-order valence-corrected chi connectivity index (χ0v) is 16.2. The molecule has 0 aliphatic rings. The number of nitrogens with zero attached hydrogens (tertiary/aromatic N) is 5. The highest BCUT2D eigenvalue weighted by Gasteiger charge is 2.20. The third-order valence-electron chi connectivity index (χ3n) is 4.68. The van der Waals surface area contributed by atoms with Crippen molar-refractivity contribution in [3.8, 4) is 11.4 Å². The Hall–Kier alpha value is -3.19. The number of rotatable bonds is 4. The number of fused-ring (bicyclic) bond motifs is 3. The van der Waals surface area contributed by atoms with Gasteiger partial charge >= 0.3 is 0 Å². The van der Waals surface area contributed by atoms with Crippen molar-refractivity contribution in [2.45, 2.75) is 24.3 Å². The van der Waals surface area contributed by atoms with Gasteiger partial charge in [0.05, 0.1) is 10.8 Å². The minimum Gasteiger partial charge on any atom is -0.338 e. The van der Waals surface area contributed by atoms with Gasteiger partial charge in [-0.05, 0) is 31.5 Å². The average molecular weight is 387 g/mol. The molecule has 0 spiro atoms. The zero-order valence-electron chi connectivity index (χ0n) is 15.4. The van der Waals surface area contributed by atoms with Gasteiger partial charge in [-0.2, -0.15) is 4.98 Å². The summed E-state index contributed by atoms with van der Waals surface area (Å²) in [6, 6.07) is 20.2. The first-order valence-corrected chi connectivity index (χ1v) is 9.88. The number of aromatic nitrogens is 5. The fraction of sp³-hybridized carbons (Fsp3) is 0.143. The van der Waals surface area contributed by atoms with E-state index in [2.05, 4.69) is 49.9 Å². The first kappa shape index (κ1) is 16.9. The Morgan fingerprint density at radius 1 is 1.00 bits per heavy atom. The fourth-order valence-electron chi connectivity index (χ4n) is 3.26. The van der Waals surface area contributed by atoms with E-state index in [1.807, 2.05) is 49.4 Å². The predicted molar refractivity (Wildman–Crippen MR) is 109 cm³/mol. The lowest BCUT2D eigenvalue weighted by Crippen LogP contribution is -1.95. The van der Waals surface area contributed by atoms with E-state index in [1.54, 1.807) is 11.8 Å². The minimum atomic E-state index is -0.0579. The van der Waals surface area contributed by atoms with Crippen LogP contribution in [0.5, 0.6) is 0 Å². The lowest BCUT2D eigenvalue weighted by atomic mass is 10.1. The van der Waals surface area contributed by atoms with E-state index < -0.39 is 0 Å². The van der Waals surface area contributed by atoms with Gasteiger partial charge in [-0.3, -0.25) is 4.40 Å². The maximum atomic E-state index is 5.51. The van der Waals surface area contributed by atoms with Crippen molar-refractivity contribution in [1.29, 1.82) is 0 Å². The summed E-state index contributed by atoms with van der Waals surface area (Å²) in [5.74, 6) is 1.16. The molecule has 1 unspecified atom stereocenters. The maximum absolute atomic E-state index is 5.51. The molecule has 6 nitrogen and oxygen atoms in total. The summed E-state index contributed by atoms with van der Waals surface area (Å²) in [5.41, 5.74) is 4.04. The van der Waals surface area contributed by atoms with Crippen molar-refractivity contribution in [2.75, 3.05) is 0 Å². The average Bonchev–Trinajstić information content (AvgIpc) is 3.37. The van der Waals surface area contributed by atoms with Crippen LogP contribution < -0.4 is 0 Å². The Kier molecular flexibility index (Phi) is 4.09. The van der Waals surface area contributed by atoms with Crippen LogP contribution in [0, 0.1) is 6.92 Å². The normalized spacial score (nSPS) is 12.6. The van der Waals surface area contributed by atoms with Crippen molar-refractivity contribution in [1.82, 2.24) is 24.7 Å². The van der Waals surface area contributed by atoms with E-state index in [4.69, 9.17) is 4.52 Å². The van der Waals surface area contributed by atoms with Crippen LogP contribution in [0.4, 0.5) is 0 Å². The molecule has 0 fully saturated rings. The van der Waals surface area contributed by atoms with Gasteiger partial charge in [0.2, 0.25) is 11.7 Å². The van der Waals surface area contributed by atoms with Gasteiger partial charge in [-0.15, -0.1) is 10.2 Å². The summed E-state index contributed by atoms with van der Waals surface area (Å²) in [4.78, 5) is 4.56. The first-order chi connectivity index (χ1) is 13.7. The van der Waals surface area contributed by atoms with Crippen LogP contribution >= 0.6 is 11.8 Å². The molecule has 2 aromatic carbocycles. The van der Waals surface area contributed by atoms with Crippen LogP contribution in [-0.2, 0) is 0 Å². The summed E-state index contributed by atoms with van der Waals surface area (Å²) in [6.07, 6.45) is 0. The van der Waals surface area contributed by atoms with E-state index in [-0.39, 0.29) is 5.25 Å². The van der Waals surface area contributed by atoms with Gasteiger partial charge in [0.25, 0.3) is 0 Å². The fourth-order valence-corrected chi connectivity index (χ4v) is 4.16. The molecule has 7 heteroatoms. The van der Waals surface area contributed by atoms with Crippen LogP contribution in [0.1, 0.15) is 23.6 Å². The van der Waals surface area contributed by atoms with E-state index >= 15 is 0 Å². The molecule has 0 saturated heterocycles. The number of pyridine rings is 1. The largest absolute Gasteiger partial charge is 0.338 e. The molecule has 0 bridgehead atoms. The Morgan fingerprint density at radius 2 is 1.79 bits per heavy atom. The number of para-hydroxylation sites is 1. The smallest absolute Gasteiger partial charge is 0.240 e. The standard InChI is InChI=1S/C21H17N5OS/c1-13-12-18-23-24-21(26(18)17-11-7-6-10-16(13)17)28-14(2)20-22-19(25-27-20)15-8-4-3-5-9-15/h3-12,14H,1-2H3. The number of aryl methyl sites for hydroxylation is 1. The lowest BCUT2D eigenvalue weighted by molar-refractivity contribution is 0.380. The van der Waals surface area contributed by atoms with Crippen LogP contribution in [0.15, 0.2) is 70.3 Å². The number of thioether (sulfide) groups is 1. The molecular formula is C21H17N5OS. The molecule has 0 N–H and O–H groups in total. The quantitative estimate of drug-likeness (QED) is 0.400. The summed E-state index contributed by atoms with van der Waals surface area (Å²) >= 11 is 1.56. The Bertz CT molecular complexity index is 1280. The predicted octanol–water partition coefficient (Wildman–Crippen LogP) is 5.09. The zero-order chi connectivity index (χ0) is 19.1. The van der Waals surface area contributed by atoms with Crippen molar-refractivity contribution in [3.63, 3.8) is 0 Å². The van der Waals surface area contributed by atoms with E-state index in [0.29, 0.717) is 11.7 Å². The second-order valence-corrected chi connectivity index (χ2v) is 7.91. The SMILES string of the molecule is Cc1cc2nnc(SC(C)c3nc(-c4ccccc4)no3)n2c2ccccc12. The monoisotopic (exact) mass is 387 g/mol. The van der Waals surface area contributed by atoms with Gasteiger partial charge in [-0.1, -0.05) is 65.4 Å². The van der Waals surface area contributed by atoms with Crippen LogP contribution in [0.25, 0.3) is 27.9 Å². The van der Waals surface area contributed by atoms with Crippen LogP contribution in [-0.4, -0.2) is 24.7 Å². The van der Waals surface area contributed by atoms with Crippen molar-refractivity contribution in [2.24, 2.45) is 0 Å². The maximum Gasteiger partial charge on any atom is 0.240 e. The summed E-state index contributed by atoms with van der Waals surface area (Å²) < 4.78 is 7.59. The number of hydrogen-bond acceptors (Lipinski definition) is 6. The Balaban J connectivity index is 1.51. The van der Waals surface area contributed by atoms with Crippen molar-refractivity contribution >= 4 is 28.3 Å². The highest BCUT2D eigenvalue weighted by atomic mass is 32.2. The number of hydrogen-bond donors (Lipinski definition) is 0. The van der Waals surface area contributed by atoms with Gasteiger partial charge in [0.1, 0.15) is 0 Å². The third-order valence-corrected chi connectivity index (χ3v) is 5.71. The third kappa shape index (κ3) is 2.84. The summed E-state index contributed by atoms with van der Waals surface area (Å²) in [6.45, 7) is 4.13. The van der Waals surface area contributed by atoms with Gasteiger partial charge in [0, 0.05) is 10.9 Å². The molecule has 0 saturated carbocycles. The van der Waals surface area contributed by atoms with Gasteiger partial charge in [-0.25, -0.2) is 0 Å². The highest BCUT2D eigenvalue weighted by molar-refractivity contribution is 7.99. The second kappa shape index (κ2) is 6.76. The Morgan fingerprint density at radius 3 is 2.64 bits per heavy atom. The molecule has 0 aliphatic heterocycles. The van der Waals surface area contributed by atoms with Gasteiger partial charge < -0.3 is 4.52 Å². The van der Waals surface area contributed by atoms with E-state index in [0.717, 1.165) is 21.9 Å². The molecule has 28 heavy (non-hydrogen) atoms. The molecule has 3 heterocycles. The molecule has 5 rings (SSSR count). The topological polar surface area (TPSA) is 69.1 Å². The molecule has 5 aromatic rings. The van der Waals surface area contributed by atoms with Crippen LogP contribution in [0.3, 0.4) is 0 Å². The molecule has 0 aliphatic carbocycles. The molecular weight excluding hydrogens is 370 g/mol. The lowest BCUT2D eigenvalue weighted by Gasteiger charge is -2.08. The first-order valence-electron chi connectivity index (χ1n) is 9.00. The van der Waals surface area contributed by atoms with E-state index in [9.17, 15) is 0 Å². The Labute approximate surface area is 165 Å². The summed E-state index contributed by atoms with van der Waals surface area (Å²) in [5, 5.41) is 14.8. The van der Waals surface area contributed by atoms with Crippen molar-refractivity contribution in [3.05, 3.63) is 72.1 Å². The van der Waals surface area contributed by atoms with Gasteiger partial charge in [0.15, 0.2) is 10.8 Å². The molecule has 0 radical (unpaired) electrons. The highest BCUT2D eigenvalue weighted by Crippen LogP contribution is 2.35. The molecule has 1 atom stereocenters. The number of benzene rings is 2. The van der Waals surface area contributed by atoms with Crippen LogP contribution in [0.2, 0.25) is 0 Å². The molecule has 3 aromatic heterocycles. The van der Waals surface area contributed by atoms with E-state index in [1.165, 1.54) is 10.9 Å².